The Labute approximate surface area is 191 Å². The van der Waals surface area contributed by atoms with Gasteiger partial charge in [-0.1, -0.05) is 30.3 Å². The number of ether oxygens (including phenoxy) is 2. The third-order valence-corrected chi connectivity index (χ3v) is 6.34. The molecule has 33 heavy (non-hydrogen) atoms. The van der Waals surface area contributed by atoms with Gasteiger partial charge in [-0.15, -0.1) is 0 Å². The number of aromatic nitrogens is 3. The van der Waals surface area contributed by atoms with Gasteiger partial charge in [-0.25, -0.2) is 18.2 Å². The Balaban J connectivity index is 1.90. The largest absolute Gasteiger partial charge is 0.494 e. The maximum atomic E-state index is 13.1. The number of carbonyl (C=O) groups is 1. The van der Waals surface area contributed by atoms with Gasteiger partial charge in [-0.05, 0) is 43.7 Å². The highest BCUT2D eigenvalue weighted by Gasteiger charge is 2.26. The number of esters is 1. The topological polar surface area (TPSA) is 112 Å². The van der Waals surface area contributed by atoms with E-state index in [2.05, 4.69) is 14.8 Å². The first-order valence-corrected chi connectivity index (χ1v) is 11.6. The van der Waals surface area contributed by atoms with E-state index in [1.807, 2.05) is 19.1 Å². The predicted molar refractivity (Wildman–Crippen MR) is 123 cm³/mol. The van der Waals surface area contributed by atoms with Gasteiger partial charge >= 0.3 is 5.97 Å². The van der Waals surface area contributed by atoms with Crippen molar-refractivity contribution < 1.29 is 22.7 Å². The molecule has 0 spiro atoms. The van der Waals surface area contributed by atoms with E-state index in [0.29, 0.717) is 17.1 Å². The van der Waals surface area contributed by atoms with Crippen LogP contribution in [0, 0.1) is 6.92 Å². The molecule has 0 aliphatic heterocycles. The molecule has 0 fully saturated rings. The number of aryl methyl sites for hydroxylation is 1. The minimum Gasteiger partial charge on any atom is -0.494 e. The van der Waals surface area contributed by atoms with E-state index in [0.717, 1.165) is 10.9 Å². The second-order valence-electron chi connectivity index (χ2n) is 7.11. The van der Waals surface area contributed by atoms with Crippen LogP contribution in [0.15, 0.2) is 65.7 Å². The third-order valence-electron chi connectivity index (χ3n) is 4.98. The third kappa shape index (κ3) is 4.24. The van der Waals surface area contributed by atoms with Crippen LogP contribution in [0.4, 0.5) is 5.82 Å². The first-order valence-electron chi connectivity index (χ1n) is 10.1. The van der Waals surface area contributed by atoms with E-state index in [1.165, 1.54) is 23.0 Å². The summed E-state index contributed by atoms with van der Waals surface area (Å²) in [5.74, 6) is 0.0931. The van der Waals surface area contributed by atoms with E-state index in [4.69, 9.17) is 9.47 Å². The molecule has 0 aliphatic rings. The Morgan fingerprint density at radius 3 is 2.58 bits per heavy atom. The van der Waals surface area contributed by atoms with Crippen molar-refractivity contribution in [3.8, 4) is 11.6 Å². The number of nitrogens with one attached hydrogen (secondary N) is 1. The van der Waals surface area contributed by atoms with Crippen molar-refractivity contribution in [3.05, 3.63) is 71.9 Å². The summed E-state index contributed by atoms with van der Waals surface area (Å²) in [7, 11) is -2.47. The van der Waals surface area contributed by atoms with Crippen molar-refractivity contribution in [2.45, 2.75) is 18.7 Å². The number of rotatable bonds is 7. The molecule has 0 saturated heterocycles. The lowest BCUT2D eigenvalue weighted by Crippen LogP contribution is -2.19. The molecule has 10 heteroatoms. The van der Waals surface area contributed by atoms with Crippen LogP contribution in [0.25, 0.3) is 16.7 Å². The Morgan fingerprint density at radius 2 is 1.88 bits per heavy atom. The number of benzene rings is 2. The predicted octanol–water partition coefficient (Wildman–Crippen LogP) is 3.72. The van der Waals surface area contributed by atoms with Gasteiger partial charge in [-0.2, -0.15) is 9.78 Å². The van der Waals surface area contributed by atoms with Crippen molar-refractivity contribution in [1.29, 1.82) is 0 Å². The Morgan fingerprint density at radius 1 is 1.12 bits per heavy atom. The van der Waals surface area contributed by atoms with Gasteiger partial charge in [0.1, 0.15) is 16.8 Å². The summed E-state index contributed by atoms with van der Waals surface area (Å²) < 4.78 is 40.4. The van der Waals surface area contributed by atoms with Gasteiger partial charge in [0.15, 0.2) is 11.6 Å². The van der Waals surface area contributed by atoms with Crippen LogP contribution in [-0.4, -0.2) is 42.9 Å². The van der Waals surface area contributed by atoms with Crippen LogP contribution in [0.3, 0.4) is 0 Å². The molecule has 4 rings (SSSR count). The van der Waals surface area contributed by atoms with Crippen LogP contribution in [0.2, 0.25) is 0 Å². The number of anilines is 1. The highest BCUT2D eigenvalue weighted by Crippen LogP contribution is 2.30. The summed E-state index contributed by atoms with van der Waals surface area (Å²) in [5.41, 5.74) is 1.43. The molecular weight excluding hydrogens is 444 g/mol. The Kier molecular flexibility index (Phi) is 6.01. The first kappa shape index (κ1) is 22.3. The molecule has 2 aromatic carbocycles. The highest BCUT2D eigenvalue weighted by atomic mass is 32.2. The number of pyridine rings is 1. The van der Waals surface area contributed by atoms with Gasteiger partial charge in [0.05, 0.1) is 24.8 Å². The normalized spacial score (nSPS) is 11.4. The lowest BCUT2D eigenvalue weighted by atomic mass is 10.1. The van der Waals surface area contributed by atoms with Gasteiger partial charge in [0.2, 0.25) is 0 Å². The second kappa shape index (κ2) is 8.91. The number of hydrogen-bond acceptors (Lipinski definition) is 7. The summed E-state index contributed by atoms with van der Waals surface area (Å²) in [6.07, 6.45) is 1.25. The standard InChI is InChI=1S/C23H22N4O5S/c1-4-32-23(28)18-14-24-27(22(18)26-33(29,30)16-9-6-5-7-10-16)20-13-15(2)17-11-8-12-19(31-3)21(17)25-20/h5-14,26H,4H2,1-3H3. The monoisotopic (exact) mass is 466 g/mol. The maximum Gasteiger partial charge on any atom is 0.343 e. The molecule has 0 bridgehead atoms. The molecule has 2 aromatic heterocycles. The second-order valence-corrected chi connectivity index (χ2v) is 8.79. The molecular formula is C23H22N4O5S. The summed E-state index contributed by atoms with van der Waals surface area (Å²) in [5, 5.41) is 5.13. The van der Waals surface area contributed by atoms with Gasteiger partial charge in [0.25, 0.3) is 10.0 Å². The Hall–Kier alpha value is -3.92. The molecule has 0 saturated carbocycles. The number of fused-ring (bicyclic) bond motifs is 1. The maximum absolute atomic E-state index is 13.1. The van der Waals surface area contributed by atoms with Crippen molar-refractivity contribution in [2.75, 3.05) is 18.4 Å². The number of carbonyl (C=O) groups excluding carboxylic acids is 1. The molecule has 0 unspecified atom stereocenters. The summed E-state index contributed by atoms with van der Waals surface area (Å²) in [6, 6.07) is 15.2. The first-order chi connectivity index (χ1) is 15.9. The lowest BCUT2D eigenvalue weighted by Gasteiger charge is -2.14. The van der Waals surface area contributed by atoms with Crippen molar-refractivity contribution in [1.82, 2.24) is 14.8 Å². The zero-order valence-corrected chi connectivity index (χ0v) is 19.1. The SMILES string of the molecule is CCOC(=O)c1cnn(-c2cc(C)c3cccc(OC)c3n2)c1NS(=O)(=O)c1ccccc1. The van der Waals surface area contributed by atoms with Crippen LogP contribution in [-0.2, 0) is 14.8 Å². The van der Waals surface area contributed by atoms with Crippen LogP contribution in [0.1, 0.15) is 22.8 Å². The van der Waals surface area contributed by atoms with E-state index < -0.39 is 16.0 Å². The summed E-state index contributed by atoms with van der Waals surface area (Å²) >= 11 is 0. The zero-order chi connectivity index (χ0) is 23.6. The van der Waals surface area contributed by atoms with Crippen LogP contribution in [0.5, 0.6) is 5.75 Å². The fourth-order valence-electron chi connectivity index (χ4n) is 3.41. The van der Waals surface area contributed by atoms with E-state index >= 15 is 0 Å². The average Bonchev–Trinajstić information content (AvgIpc) is 3.22. The van der Waals surface area contributed by atoms with Crippen LogP contribution >= 0.6 is 0 Å². The molecule has 4 aromatic rings. The smallest absolute Gasteiger partial charge is 0.343 e. The quantitative estimate of drug-likeness (QED) is 0.413. The van der Waals surface area contributed by atoms with Gasteiger partial charge in [0, 0.05) is 5.39 Å². The van der Waals surface area contributed by atoms with E-state index in [-0.39, 0.29) is 22.9 Å². The molecule has 0 amide bonds. The van der Waals surface area contributed by atoms with Crippen molar-refractivity contribution in [3.63, 3.8) is 0 Å². The molecule has 1 N–H and O–H groups in total. The number of sulfonamides is 1. The molecule has 0 aliphatic carbocycles. The van der Waals surface area contributed by atoms with E-state index in [1.54, 1.807) is 44.4 Å². The van der Waals surface area contributed by atoms with Crippen LogP contribution < -0.4 is 9.46 Å². The molecule has 0 radical (unpaired) electrons. The Bertz CT molecular complexity index is 1430. The van der Waals surface area contributed by atoms with Gasteiger partial charge in [-0.3, -0.25) is 4.72 Å². The minimum atomic E-state index is -4.02. The number of hydrogen-bond donors (Lipinski definition) is 1. The summed E-state index contributed by atoms with van der Waals surface area (Å²) in [6.45, 7) is 3.69. The molecule has 0 atom stereocenters. The van der Waals surface area contributed by atoms with Gasteiger partial charge < -0.3 is 9.47 Å². The lowest BCUT2D eigenvalue weighted by molar-refractivity contribution is 0.0527. The van der Waals surface area contributed by atoms with E-state index in [9.17, 15) is 13.2 Å². The molecule has 170 valence electrons. The number of nitrogens with zero attached hydrogens (tertiary/aromatic N) is 3. The number of para-hydroxylation sites is 1. The summed E-state index contributed by atoms with van der Waals surface area (Å²) in [4.78, 5) is 17.2. The van der Waals surface area contributed by atoms with Crippen molar-refractivity contribution >= 4 is 32.7 Å². The fourth-order valence-corrected chi connectivity index (χ4v) is 4.50. The zero-order valence-electron chi connectivity index (χ0n) is 18.3. The average molecular weight is 467 g/mol. The highest BCUT2D eigenvalue weighted by molar-refractivity contribution is 7.92. The molecule has 9 nitrogen and oxygen atoms in total. The fraction of sp³-hybridized carbons (Fsp3) is 0.174. The van der Waals surface area contributed by atoms with Crippen molar-refractivity contribution in [2.24, 2.45) is 0 Å². The minimum absolute atomic E-state index is 0.0315. The number of methoxy groups -OCH3 is 1. The molecule has 2 heterocycles.